The van der Waals surface area contributed by atoms with Gasteiger partial charge < -0.3 is 16.0 Å². The van der Waals surface area contributed by atoms with E-state index in [4.69, 9.17) is 5.73 Å². The van der Waals surface area contributed by atoms with Crippen molar-refractivity contribution in [1.29, 1.82) is 0 Å². The molecule has 4 rings (SSSR count). The van der Waals surface area contributed by atoms with Crippen LogP contribution in [0.4, 0.5) is 11.4 Å². The number of nitrogens with two attached hydrogens (primary N) is 1. The molecule has 0 spiro atoms. The maximum Gasteiger partial charge on any atom is 0.193 e. The highest BCUT2D eigenvalue weighted by molar-refractivity contribution is 14.0. The van der Waals surface area contributed by atoms with Gasteiger partial charge in [0, 0.05) is 44.1 Å². The van der Waals surface area contributed by atoms with Gasteiger partial charge in [-0.1, -0.05) is 18.2 Å². The average molecular weight is 519 g/mol. The van der Waals surface area contributed by atoms with Crippen LogP contribution in [-0.2, 0) is 6.54 Å². The Kier molecular flexibility index (Phi) is 7.99. The summed E-state index contributed by atoms with van der Waals surface area (Å²) in [5, 5.41) is 3.18. The summed E-state index contributed by atoms with van der Waals surface area (Å²) >= 11 is 0. The van der Waals surface area contributed by atoms with Crippen molar-refractivity contribution in [2.24, 2.45) is 16.6 Å². The Morgan fingerprint density at radius 3 is 2.33 bits per heavy atom. The van der Waals surface area contributed by atoms with Gasteiger partial charge in [-0.05, 0) is 73.6 Å². The van der Waals surface area contributed by atoms with Gasteiger partial charge in [0.2, 0.25) is 0 Å². The van der Waals surface area contributed by atoms with Crippen LogP contribution >= 0.6 is 24.0 Å². The number of piperazine rings is 1. The lowest BCUT2D eigenvalue weighted by molar-refractivity contribution is 0.248. The molecule has 1 saturated carbocycles. The molecule has 30 heavy (non-hydrogen) atoms. The minimum atomic E-state index is 0. The van der Waals surface area contributed by atoms with E-state index in [1.807, 2.05) is 6.07 Å². The molecule has 162 valence electrons. The van der Waals surface area contributed by atoms with Crippen molar-refractivity contribution in [2.75, 3.05) is 42.9 Å². The summed E-state index contributed by atoms with van der Waals surface area (Å²) < 4.78 is 0. The van der Waals surface area contributed by atoms with E-state index in [0.29, 0.717) is 12.5 Å². The highest BCUT2D eigenvalue weighted by atomic mass is 127. The molecule has 1 saturated heterocycles. The van der Waals surface area contributed by atoms with Crippen LogP contribution in [0.15, 0.2) is 47.5 Å². The number of anilines is 2. The summed E-state index contributed by atoms with van der Waals surface area (Å²) in [5.41, 5.74) is 12.0. The molecule has 2 aliphatic rings. The molecule has 0 aromatic heterocycles. The van der Waals surface area contributed by atoms with Crippen LogP contribution in [0.25, 0.3) is 0 Å². The summed E-state index contributed by atoms with van der Waals surface area (Å²) in [6.45, 7) is 10.7. The van der Waals surface area contributed by atoms with Crippen molar-refractivity contribution >= 4 is 41.3 Å². The zero-order chi connectivity index (χ0) is 20.2. The van der Waals surface area contributed by atoms with Crippen molar-refractivity contribution in [3.05, 3.63) is 59.2 Å². The molecular formula is C24H34IN5. The number of benzene rings is 2. The Bertz CT molecular complexity index is 852. The molecule has 1 heterocycles. The molecule has 1 aliphatic heterocycles. The molecule has 0 bridgehead atoms. The monoisotopic (exact) mass is 519 g/mol. The standard InChI is InChI=1S/C24H33N5.HI/c1-18-3-8-22(15-19(18)2)27-24(25)26-16-20-6-9-23(10-7-20)29-13-11-28(12-14-29)17-21-4-5-21;/h3,6-10,15,21H,4-5,11-14,16-17H2,1-2H3,(H3,25,26,27);1H. The Morgan fingerprint density at radius 2 is 1.70 bits per heavy atom. The number of aryl methyl sites for hydroxylation is 2. The number of halogens is 1. The second-order valence-electron chi connectivity index (χ2n) is 8.52. The van der Waals surface area contributed by atoms with Gasteiger partial charge in [-0.15, -0.1) is 24.0 Å². The number of nitrogens with zero attached hydrogens (tertiary/aromatic N) is 3. The summed E-state index contributed by atoms with van der Waals surface area (Å²) in [6.07, 6.45) is 2.88. The number of guanidine groups is 1. The molecule has 1 aliphatic carbocycles. The number of rotatable bonds is 6. The smallest absolute Gasteiger partial charge is 0.193 e. The quantitative estimate of drug-likeness (QED) is 0.338. The first-order valence-electron chi connectivity index (χ1n) is 10.8. The number of hydrogen-bond acceptors (Lipinski definition) is 3. The normalized spacial score (nSPS) is 17.5. The molecule has 5 nitrogen and oxygen atoms in total. The van der Waals surface area contributed by atoms with Gasteiger partial charge in [0.25, 0.3) is 0 Å². The minimum absolute atomic E-state index is 0. The van der Waals surface area contributed by atoms with E-state index in [0.717, 1.165) is 24.7 Å². The highest BCUT2D eigenvalue weighted by Crippen LogP contribution is 2.30. The first kappa shape index (κ1) is 22.9. The Balaban J connectivity index is 0.00000256. The molecular weight excluding hydrogens is 485 g/mol. The number of hydrogen-bond donors (Lipinski definition) is 2. The van der Waals surface area contributed by atoms with Gasteiger partial charge in [-0.25, -0.2) is 4.99 Å². The fraction of sp³-hybridized carbons (Fsp3) is 0.458. The summed E-state index contributed by atoms with van der Waals surface area (Å²) in [7, 11) is 0. The van der Waals surface area contributed by atoms with E-state index in [2.05, 4.69) is 70.4 Å². The lowest BCUT2D eigenvalue weighted by Crippen LogP contribution is -2.47. The third-order valence-corrected chi connectivity index (χ3v) is 6.10. The highest BCUT2D eigenvalue weighted by Gasteiger charge is 2.26. The maximum atomic E-state index is 6.07. The van der Waals surface area contributed by atoms with Gasteiger partial charge in [0.15, 0.2) is 5.96 Å². The van der Waals surface area contributed by atoms with E-state index in [9.17, 15) is 0 Å². The minimum Gasteiger partial charge on any atom is -0.370 e. The van der Waals surface area contributed by atoms with Gasteiger partial charge in [0.1, 0.15) is 0 Å². The van der Waals surface area contributed by atoms with Crippen molar-refractivity contribution in [3.63, 3.8) is 0 Å². The van der Waals surface area contributed by atoms with E-state index >= 15 is 0 Å². The first-order valence-corrected chi connectivity index (χ1v) is 10.8. The van der Waals surface area contributed by atoms with E-state index in [1.165, 1.54) is 54.9 Å². The van der Waals surface area contributed by atoms with Crippen LogP contribution < -0.4 is 16.0 Å². The van der Waals surface area contributed by atoms with E-state index < -0.39 is 0 Å². The number of aliphatic imine (C=N–C) groups is 1. The SMILES string of the molecule is Cc1ccc(NC(N)=NCc2ccc(N3CCN(CC4CC4)CC3)cc2)cc1C.I. The third kappa shape index (κ3) is 6.35. The summed E-state index contributed by atoms with van der Waals surface area (Å²) in [5.74, 6) is 1.43. The second-order valence-corrected chi connectivity index (χ2v) is 8.52. The average Bonchev–Trinajstić information content (AvgIpc) is 3.54. The largest absolute Gasteiger partial charge is 0.370 e. The number of nitrogens with one attached hydrogen (secondary N) is 1. The molecule has 0 atom stereocenters. The molecule has 0 amide bonds. The van der Waals surface area contributed by atoms with Crippen LogP contribution in [0.5, 0.6) is 0 Å². The topological polar surface area (TPSA) is 56.9 Å². The fourth-order valence-electron chi connectivity index (χ4n) is 3.85. The van der Waals surface area contributed by atoms with Crippen LogP contribution in [-0.4, -0.2) is 43.6 Å². The lowest BCUT2D eigenvalue weighted by atomic mass is 10.1. The molecule has 2 aromatic carbocycles. The summed E-state index contributed by atoms with van der Waals surface area (Å²) in [6, 6.07) is 15.0. The van der Waals surface area contributed by atoms with Crippen molar-refractivity contribution in [3.8, 4) is 0 Å². The van der Waals surface area contributed by atoms with Gasteiger partial charge in [-0.3, -0.25) is 4.90 Å². The molecule has 2 fully saturated rings. The predicted octanol–water partition coefficient (Wildman–Crippen LogP) is 4.38. The molecule has 6 heteroatoms. The zero-order valence-corrected chi connectivity index (χ0v) is 20.4. The molecule has 2 aromatic rings. The Labute approximate surface area is 197 Å². The lowest BCUT2D eigenvalue weighted by Gasteiger charge is -2.36. The van der Waals surface area contributed by atoms with Crippen LogP contribution in [0.2, 0.25) is 0 Å². The molecule has 3 N–H and O–H groups in total. The Hall–Kier alpha value is -1.80. The van der Waals surface area contributed by atoms with Crippen molar-refractivity contribution < 1.29 is 0 Å². The molecule has 0 radical (unpaired) electrons. The van der Waals surface area contributed by atoms with Crippen molar-refractivity contribution in [1.82, 2.24) is 4.90 Å². The second kappa shape index (κ2) is 10.5. The van der Waals surface area contributed by atoms with Gasteiger partial charge >= 0.3 is 0 Å². The van der Waals surface area contributed by atoms with E-state index in [-0.39, 0.29) is 24.0 Å². The van der Waals surface area contributed by atoms with Crippen LogP contribution in [0, 0.1) is 19.8 Å². The first-order chi connectivity index (χ1) is 14.1. The third-order valence-electron chi connectivity index (χ3n) is 6.10. The van der Waals surface area contributed by atoms with Gasteiger partial charge in [-0.2, -0.15) is 0 Å². The fourth-order valence-corrected chi connectivity index (χ4v) is 3.85. The maximum absolute atomic E-state index is 6.07. The zero-order valence-electron chi connectivity index (χ0n) is 18.1. The molecule has 0 unspecified atom stereocenters. The predicted molar refractivity (Wildman–Crippen MR) is 138 cm³/mol. The Morgan fingerprint density at radius 1 is 1.00 bits per heavy atom. The van der Waals surface area contributed by atoms with E-state index in [1.54, 1.807) is 0 Å². The van der Waals surface area contributed by atoms with Gasteiger partial charge in [0.05, 0.1) is 6.54 Å². The van der Waals surface area contributed by atoms with Crippen LogP contribution in [0.1, 0.15) is 29.5 Å². The summed E-state index contributed by atoms with van der Waals surface area (Å²) in [4.78, 5) is 9.61. The van der Waals surface area contributed by atoms with Crippen molar-refractivity contribution in [2.45, 2.75) is 33.2 Å². The van der Waals surface area contributed by atoms with Crippen LogP contribution in [0.3, 0.4) is 0 Å².